The van der Waals surface area contributed by atoms with E-state index in [1.54, 1.807) is 0 Å². The van der Waals surface area contributed by atoms with Gasteiger partial charge in [0.05, 0.1) is 33.0 Å². The molecular weight excluding hydrogens is 792 g/mol. The predicted molar refractivity (Wildman–Crippen MR) is 169 cm³/mol. The molecule has 18 N–H and O–H groups in total. The van der Waals surface area contributed by atoms with Crippen LogP contribution in [0.3, 0.4) is 0 Å². The van der Waals surface area contributed by atoms with Gasteiger partial charge in [-0.15, -0.1) is 0 Å². The highest BCUT2D eigenvalue weighted by Gasteiger charge is 2.57. The monoisotopic (exact) mass is 844 g/mol. The molecule has 0 aromatic heterocycles. The van der Waals surface area contributed by atoms with Gasteiger partial charge in [0.15, 0.2) is 31.3 Å². The van der Waals surface area contributed by atoms with Crippen molar-refractivity contribution in [2.45, 2.75) is 147 Å². The first-order chi connectivity index (χ1) is 26.9. The molecule has 4 heterocycles. The Kier molecular flexibility index (Phi) is 17.6. The number of aliphatic carboxylic acids is 1. The van der Waals surface area contributed by atoms with Crippen LogP contribution < -0.4 is 0 Å². The van der Waals surface area contributed by atoms with Crippen LogP contribution in [0.2, 0.25) is 0 Å². The SMILES string of the molecule is O=C(O)[C@H]1O[C@@H](O[C@@H]2[C@H](O)[C@@H](O)[C@H](O[C@H]3[C@@H](O)[C@@H](CO)O[C@H](O[C@@H]([C@H](O)[C@H](O)CO)[C@@H](O)CO)[C@@H]3O[C@H]3O[C@H](CO)[C@H](O)[C@H](O)[C@H]3O)O[C@@H]2CO)[C@H](O)[C@@H](O)[C@@H]1O. The molecule has 0 aromatic carbocycles. The summed E-state index contributed by atoms with van der Waals surface area (Å²) >= 11 is 0. The van der Waals surface area contributed by atoms with Gasteiger partial charge < -0.3 is 130 Å². The Labute approximate surface area is 321 Å². The molecule has 4 fully saturated rings. The third kappa shape index (κ3) is 10.3. The number of carboxylic acids is 1. The maximum atomic E-state index is 11.6. The van der Waals surface area contributed by atoms with Gasteiger partial charge in [-0.2, -0.15) is 0 Å². The lowest BCUT2D eigenvalue weighted by molar-refractivity contribution is -0.404. The maximum Gasteiger partial charge on any atom is 0.335 e. The van der Waals surface area contributed by atoms with Crippen LogP contribution in [0.4, 0.5) is 0 Å². The van der Waals surface area contributed by atoms with E-state index >= 15 is 0 Å². The van der Waals surface area contributed by atoms with Gasteiger partial charge in [-0.05, 0) is 0 Å². The Morgan fingerprint density at radius 1 is 0.474 bits per heavy atom. The molecule has 0 unspecified atom stereocenters. The Morgan fingerprint density at radius 3 is 1.44 bits per heavy atom. The largest absolute Gasteiger partial charge is 0.479 e. The van der Waals surface area contributed by atoms with Crippen molar-refractivity contribution in [2.24, 2.45) is 0 Å². The lowest BCUT2D eigenvalue weighted by Crippen LogP contribution is -2.68. The number of aliphatic hydroxyl groups is 17. The molecule has 4 aliphatic heterocycles. The van der Waals surface area contributed by atoms with E-state index in [4.69, 9.17) is 37.9 Å². The van der Waals surface area contributed by atoms with E-state index < -0.39 is 186 Å². The number of rotatable bonds is 17. The van der Waals surface area contributed by atoms with E-state index in [9.17, 15) is 96.7 Å². The van der Waals surface area contributed by atoms with Gasteiger partial charge in [0, 0.05) is 0 Å². The summed E-state index contributed by atoms with van der Waals surface area (Å²) in [5.41, 5.74) is 0. The van der Waals surface area contributed by atoms with E-state index in [1.165, 1.54) is 0 Å². The molecule has 27 nitrogen and oxygen atoms in total. The second-order valence-corrected chi connectivity index (χ2v) is 13.7. The first-order valence-corrected chi connectivity index (χ1v) is 17.5. The number of aliphatic hydroxyl groups excluding tert-OH is 17. The van der Waals surface area contributed by atoms with Gasteiger partial charge in [-0.25, -0.2) is 4.79 Å². The summed E-state index contributed by atoms with van der Waals surface area (Å²) in [6.07, 6.45) is -49.7. The standard InChI is InChI=1S/C30H52O27/c31-1-6(36)11(38)21(7(37)2-32)53-30-25(57-27-18(45)14(41)12(39)8(3-33)50-27)23(13(40)9(4-34)51-30)55-28-20(47)17(44)22(10(5-35)52-28)54-29-19(46)15(42)16(43)24(56-29)26(48)49/h6-25,27-47H,1-5H2,(H,48,49)/t6-,7+,8-,9-,10-,11-,12+,13+,14+,15+,16+,17-,18-,19-,20-,21-,22+,23+,24+,25-,27-,28+,29-,30-/m1/s1. The van der Waals surface area contributed by atoms with Crippen molar-refractivity contribution in [2.75, 3.05) is 33.0 Å². The zero-order valence-electron chi connectivity index (χ0n) is 29.6. The molecule has 0 radical (unpaired) electrons. The number of carboxylic acid groups (broad SMARTS) is 1. The normalized spacial score (nSPS) is 46.5. The minimum absolute atomic E-state index is 0.956. The second kappa shape index (κ2) is 20.8. The van der Waals surface area contributed by atoms with Crippen LogP contribution in [0.25, 0.3) is 0 Å². The van der Waals surface area contributed by atoms with Gasteiger partial charge >= 0.3 is 5.97 Å². The molecule has 0 saturated carbocycles. The Hall–Kier alpha value is -1.53. The molecular formula is C30H52O27. The third-order valence-electron chi connectivity index (χ3n) is 9.93. The molecule has 27 heteroatoms. The van der Waals surface area contributed by atoms with Crippen LogP contribution in [0, 0.1) is 0 Å². The molecule has 334 valence electrons. The van der Waals surface area contributed by atoms with Crippen LogP contribution in [0.15, 0.2) is 0 Å². The van der Waals surface area contributed by atoms with Gasteiger partial charge in [0.1, 0.15) is 116 Å². The number of hydrogen-bond donors (Lipinski definition) is 18. The summed E-state index contributed by atoms with van der Waals surface area (Å²) in [5, 5.41) is 185. The average Bonchev–Trinajstić information content (AvgIpc) is 3.20. The van der Waals surface area contributed by atoms with Gasteiger partial charge in [0.2, 0.25) is 0 Å². The summed E-state index contributed by atoms with van der Waals surface area (Å²) in [5.74, 6) is -1.79. The minimum Gasteiger partial charge on any atom is -0.479 e. The van der Waals surface area contributed by atoms with Crippen LogP contribution in [-0.4, -0.2) is 278 Å². The molecule has 0 bridgehead atoms. The van der Waals surface area contributed by atoms with E-state index in [0.29, 0.717) is 0 Å². The van der Waals surface area contributed by atoms with Gasteiger partial charge in [-0.3, -0.25) is 0 Å². The van der Waals surface area contributed by atoms with E-state index in [0.717, 1.165) is 0 Å². The summed E-state index contributed by atoms with van der Waals surface area (Å²) in [6, 6.07) is 0. The summed E-state index contributed by atoms with van der Waals surface area (Å²) in [6.45, 7) is -5.38. The van der Waals surface area contributed by atoms with E-state index in [-0.39, 0.29) is 0 Å². The highest BCUT2D eigenvalue weighted by molar-refractivity contribution is 5.73. The second-order valence-electron chi connectivity index (χ2n) is 13.7. The molecule has 0 amide bonds. The first-order valence-electron chi connectivity index (χ1n) is 17.5. The topological polar surface area (TPSA) is 455 Å². The van der Waals surface area contributed by atoms with Crippen LogP contribution in [-0.2, 0) is 42.7 Å². The zero-order valence-corrected chi connectivity index (χ0v) is 29.6. The third-order valence-corrected chi connectivity index (χ3v) is 9.93. The molecule has 0 aromatic rings. The number of ether oxygens (including phenoxy) is 8. The van der Waals surface area contributed by atoms with Crippen LogP contribution in [0.5, 0.6) is 0 Å². The smallest absolute Gasteiger partial charge is 0.335 e. The highest BCUT2D eigenvalue weighted by atomic mass is 16.8. The fourth-order valence-corrected chi connectivity index (χ4v) is 6.58. The minimum atomic E-state index is -2.30. The first kappa shape index (κ1) is 48.1. The highest BCUT2D eigenvalue weighted by Crippen LogP contribution is 2.36. The molecule has 0 spiro atoms. The van der Waals surface area contributed by atoms with Crippen molar-refractivity contribution in [3.05, 3.63) is 0 Å². The van der Waals surface area contributed by atoms with Crippen molar-refractivity contribution >= 4 is 5.97 Å². The van der Waals surface area contributed by atoms with Crippen LogP contribution in [0.1, 0.15) is 0 Å². The molecule has 24 atom stereocenters. The van der Waals surface area contributed by atoms with Crippen molar-refractivity contribution in [1.82, 2.24) is 0 Å². The molecule has 4 aliphatic rings. The fourth-order valence-electron chi connectivity index (χ4n) is 6.58. The zero-order chi connectivity index (χ0) is 42.6. The van der Waals surface area contributed by atoms with Crippen molar-refractivity contribution in [1.29, 1.82) is 0 Å². The fraction of sp³-hybridized carbons (Fsp3) is 0.967. The lowest BCUT2D eigenvalue weighted by Gasteiger charge is -2.50. The quantitative estimate of drug-likeness (QED) is 0.0646. The van der Waals surface area contributed by atoms with Crippen LogP contribution >= 0.6 is 0 Å². The van der Waals surface area contributed by atoms with Gasteiger partial charge in [-0.1, -0.05) is 0 Å². The molecule has 4 rings (SSSR count). The maximum absolute atomic E-state index is 11.6. The van der Waals surface area contributed by atoms with Gasteiger partial charge in [0.25, 0.3) is 0 Å². The Bertz CT molecular complexity index is 1230. The van der Waals surface area contributed by atoms with E-state index in [1.807, 2.05) is 0 Å². The van der Waals surface area contributed by atoms with Crippen molar-refractivity contribution in [3.8, 4) is 0 Å². The van der Waals surface area contributed by atoms with Crippen molar-refractivity contribution in [3.63, 3.8) is 0 Å². The summed E-state index contributed by atoms with van der Waals surface area (Å²) < 4.78 is 44.3. The summed E-state index contributed by atoms with van der Waals surface area (Å²) in [7, 11) is 0. The predicted octanol–water partition coefficient (Wildman–Crippen LogP) is -12.2. The average molecular weight is 845 g/mol. The summed E-state index contributed by atoms with van der Waals surface area (Å²) in [4.78, 5) is 11.6. The molecule has 4 saturated heterocycles. The number of hydrogen-bond acceptors (Lipinski definition) is 26. The Balaban J connectivity index is 1.68. The molecule has 57 heavy (non-hydrogen) atoms. The number of carbonyl (C=O) groups is 1. The Morgan fingerprint density at radius 2 is 0.912 bits per heavy atom. The van der Waals surface area contributed by atoms with Crippen molar-refractivity contribution < 1.29 is 135 Å². The lowest BCUT2D eigenvalue weighted by atomic mass is 9.95. The molecule has 0 aliphatic carbocycles. The van der Waals surface area contributed by atoms with E-state index in [2.05, 4.69) is 0 Å².